The van der Waals surface area contributed by atoms with Gasteiger partial charge in [0.2, 0.25) is 11.8 Å². The first kappa shape index (κ1) is 15.2. The molecule has 0 aromatic carbocycles. The highest BCUT2D eigenvalue weighted by molar-refractivity contribution is 7.10. The van der Waals surface area contributed by atoms with E-state index in [2.05, 4.69) is 18.3 Å². The molecule has 0 spiro atoms. The van der Waals surface area contributed by atoms with Gasteiger partial charge in [-0.25, -0.2) is 0 Å². The highest BCUT2D eigenvalue weighted by Crippen LogP contribution is 2.26. The third kappa shape index (κ3) is 3.27. The van der Waals surface area contributed by atoms with Crippen molar-refractivity contribution in [3.05, 3.63) is 22.4 Å². The van der Waals surface area contributed by atoms with E-state index in [1.807, 2.05) is 18.4 Å². The Morgan fingerprint density at radius 2 is 2.20 bits per heavy atom. The van der Waals surface area contributed by atoms with Crippen LogP contribution in [0, 0.1) is 0 Å². The molecule has 0 saturated carbocycles. The minimum Gasteiger partial charge on any atom is -0.298 e. The number of imide groups is 1. The van der Waals surface area contributed by atoms with Crippen molar-refractivity contribution in [1.29, 1.82) is 0 Å². The average Bonchev–Trinajstić information content (AvgIpc) is 3.03. The highest BCUT2D eigenvalue weighted by atomic mass is 32.1. The van der Waals surface area contributed by atoms with E-state index in [0.717, 1.165) is 19.3 Å². The van der Waals surface area contributed by atoms with Crippen LogP contribution in [-0.4, -0.2) is 29.3 Å². The second-order valence-corrected chi connectivity index (χ2v) is 6.14. The van der Waals surface area contributed by atoms with Gasteiger partial charge >= 0.3 is 0 Å². The van der Waals surface area contributed by atoms with Crippen molar-refractivity contribution >= 4 is 23.2 Å². The number of carbonyl (C=O) groups is 2. The number of rotatable bonds is 7. The zero-order chi connectivity index (χ0) is 14.5. The van der Waals surface area contributed by atoms with Gasteiger partial charge in [-0.1, -0.05) is 26.3 Å². The minimum atomic E-state index is -0.354. The predicted octanol–water partition coefficient (Wildman–Crippen LogP) is 2.72. The molecular formula is C15H22N2O2S. The normalized spacial score (nSPS) is 20.7. The molecular weight excluding hydrogens is 272 g/mol. The monoisotopic (exact) mass is 294 g/mol. The lowest BCUT2D eigenvalue weighted by atomic mass is 10.1. The summed E-state index contributed by atoms with van der Waals surface area (Å²) in [5, 5.41) is 5.43. The maximum absolute atomic E-state index is 12.3. The smallest absolute Gasteiger partial charge is 0.246 e. The molecule has 0 radical (unpaired) electrons. The van der Waals surface area contributed by atoms with E-state index in [1.54, 1.807) is 11.3 Å². The molecule has 0 bridgehead atoms. The van der Waals surface area contributed by atoms with Gasteiger partial charge in [0.05, 0.1) is 12.5 Å². The molecule has 1 aromatic rings. The van der Waals surface area contributed by atoms with Crippen LogP contribution in [0.4, 0.5) is 0 Å². The van der Waals surface area contributed by atoms with Crippen LogP contribution in [0.2, 0.25) is 0 Å². The van der Waals surface area contributed by atoms with E-state index in [9.17, 15) is 9.59 Å². The Kier molecular flexibility index (Phi) is 5.31. The summed E-state index contributed by atoms with van der Waals surface area (Å²) in [6.07, 6.45) is 3.13. The van der Waals surface area contributed by atoms with E-state index in [4.69, 9.17) is 0 Å². The summed E-state index contributed by atoms with van der Waals surface area (Å²) in [7, 11) is 0. The Labute approximate surface area is 124 Å². The summed E-state index contributed by atoms with van der Waals surface area (Å²) in [4.78, 5) is 26.8. The van der Waals surface area contributed by atoms with E-state index in [-0.39, 0.29) is 23.9 Å². The van der Waals surface area contributed by atoms with Crippen LogP contribution in [0.3, 0.4) is 0 Å². The molecule has 4 nitrogen and oxygen atoms in total. The quantitative estimate of drug-likeness (QED) is 0.787. The second-order valence-electron chi connectivity index (χ2n) is 5.16. The summed E-state index contributed by atoms with van der Waals surface area (Å²) in [5.41, 5.74) is 0. The first-order chi connectivity index (χ1) is 9.67. The number of likely N-dealkylation sites (tertiary alicyclic amines) is 1. The minimum absolute atomic E-state index is 0.0456. The Hall–Kier alpha value is -1.20. The maximum Gasteiger partial charge on any atom is 0.246 e. The SMILES string of the molecule is CCCC(NC1CC(=O)N(CCC)C1=O)c1cccs1. The second kappa shape index (κ2) is 6.99. The summed E-state index contributed by atoms with van der Waals surface area (Å²) < 4.78 is 0. The van der Waals surface area contributed by atoms with Crippen molar-refractivity contribution in [1.82, 2.24) is 10.2 Å². The number of amides is 2. The third-order valence-corrected chi connectivity index (χ3v) is 4.54. The Balaban J connectivity index is 2.04. The van der Waals surface area contributed by atoms with Gasteiger partial charge in [0.15, 0.2) is 0 Å². The lowest BCUT2D eigenvalue weighted by Gasteiger charge is -2.21. The van der Waals surface area contributed by atoms with Crippen LogP contribution >= 0.6 is 11.3 Å². The first-order valence-corrected chi connectivity index (χ1v) is 8.19. The van der Waals surface area contributed by atoms with E-state index in [1.165, 1.54) is 9.78 Å². The van der Waals surface area contributed by atoms with E-state index < -0.39 is 0 Å². The molecule has 110 valence electrons. The van der Waals surface area contributed by atoms with Crippen LogP contribution in [0.25, 0.3) is 0 Å². The van der Waals surface area contributed by atoms with Crippen LogP contribution in [0.1, 0.15) is 50.4 Å². The lowest BCUT2D eigenvalue weighted by molar-refractivity contribution is -0.138. The van der Waals surface area contributed by atoms with Crippen LogP contribution < -0.4 is 5.32 Å². The molecule has 20 heavy (non-hydrogen) atoms. The molecule has 2 heterocycles. The van der Waals surface area contributed by atoms with E-state index >= 15 is 0 Å². The molecule has 2 atom stereocenters. The molecule has 1 saturated heterocycles. The van der Waals surface area contributed by atoms with Crippen LogP contribution in [0.5, 0.6) is 0 Å². The van der Waals surface area contributed by atoms with Gasteiger partial charge in [-0.2, -0.15) is 0 Å². The first-order valence-electron chi connectivity index (χ1n) is 7.31. The molecule has 5 heteroatoms. The van der Waals surface area contributed by atoms with Gasteiger partial charge in [0.1, 0.15) is 0 Å². The molecule has 2 unspecified atom stereocenters. The van der Waals surface area contributed by atoms with Crippen molar-refractivity contribution in [2.45, 2.75) is 51.6 Å². The molecule has 1 aromatic heterocycles. The van der Waals surface area contributed by atoms with Gasteiger partial charge in [-0.3, -0.25) is 19.8 Å². The molecule has 2 amide bonds. The number of carbonyl (C=O) groups excluding carboxylic acids is 2. The fraction of sp³-hybridized carbons (Fsp3) is 0.600. The Morgan fingerprint density at radius 1 is 1.40 bits per heavy atom. The summed E-state index contributed by atoms with van der Waals surface area (Å²) in [6, 6.07) is 3.93. The molecule has 1 aliphatic rings. The topological polar surface area (TPSA) is 49.4 Å². The summed E-state index contributed by atoms with van der Waals surface area (Å²) in [5.74, 6) is -0.106. The van der Waals surface area contributed by atoms with Gasteiger partial charge in [0.25, 0.3) is 0 Å². The third-order valence-electron chi connectivity index (χ3n) is 3.56. The molecule has 1 fully saturated rings. The Bertz CT molecular complexity index is 458. The fourth-order valence-electron chi connectivity index (χ4n) is 2.60. The fourth-order valence-corrected chi connectivity index (χ4v) is 3.42. The van der Waals surface area contributed by atoms with Crippen LogP contribution in [0.15, 0.2) is 17.5 Å². The number of nitrogens with one attached hydrogen (secondary N) is 1. The largest absolute Gasteiger partial charge is 0.298 e. The summed E-state index contributed by atoms with van der Waals surface area (Å²) in [6.45, 7) is 4.65. The van der Waals surface area contributed by atoms with Crippen molar-refractivity contribution < 1.29 is 9.59 Å². The molecule has 2 rings (SSSR count). The highest BCUT2D eigenvalue weighted by Gasteiger charge is 2.38. The number of thiophene rings is 1. The predicted molar refractivity (Wildman–Crippen MR) is 80.5 cm³/mol. The van der Waals surface area contributed by atoms with Crippen molar-refractivity contribution in [2.75, 3.05) is 6.54 Å². The number of hydrogen-bond donors (Lipinski definition) is 1. The number of nitrogens with zero attached hydrogens (tertiary/aromatic N) is 1. The zero-order valence-electron chi connectivity index (χ0n) is 12.1. The molecule has 0 aliphatic carbocycles. The van der Waals surface area contributed by atoms with Crippen molar-refractivity contribution in [3.8, 4) is 0 Å². The van der Waals surface area contributed by atoms with Gasteiger partial charge in [0, 0.05) is 17.5 Å². The average molecular weight is 294 g/mol. The summed E-state index contributed by atoms with van der Waals surface area (Å²) >= 11 is 1.70. The van der Waals surface area contributed by atoms with E-state index in [0.29, 0.717) is 13.0 Å². The maximum atomic E-state index is 12.3. The van der Waals surface area contributed by atoms with Crippen LogP contribution in [-0.2, 0) is 9.59 Å². The van der Waals surface area contributed by atoms with Gasteiger partial charge in [-0.05, 0) is 24.3 Å². The zero-order valence-corrected chi connectivity index (χ0v) is 12.9. The van der Waals surface area contributed by atoms with Gasteiger partial charge < -0.3 is 0 Å². The Morgan fingerprint density at radius 3 is 2.80 bits per heavy atom. The lowest BCUT2D eigenvalue weighted by Crippen LogP contribution is -2.40. The van der Waals surface area contributed by atoms with Crippen molar-refractivity contribution in [2.24, 2.45) is 0 Å². The molecule has 1 N–H and O–H groups in total. The molecule has 1 aliphatic heterocycles. The van der Waals surface area contributed by atoms with Gasteiger partial charge in [-0.15, -0.1) is 11.3 Å². The number of hydrogen-bond acceptors (Lipinski definition) is 4. The standard InChI is InChI=1S/C15H22N2O2S/c1-3-6-11(13-7-5-9-20-13)16-12-10-14(18)17(8-4-2)15(12)19/h5,7,9,11-12,16H,3-4,6,8,10H2,1-2H3. The van der Waals surface area contributed by atoms with Crippen molar-refractivity contribution in [3.63, 3.8) is 0 Å².